The van der Waals surface area contributed by atoms with Crippen LogP contribution in [0.5, 0.6) is 0 Å². The van der Waals surface area contributed by atoms with Gasteiger partial charge in [0.05, 0.1) is 22.8 Å². The summed E-state index contributed by atoms with van der Waals surface area (Å²) in [6.07, 6.45) is 0.652. The Morgan fingerprint density at radius 1 is 1.32 bits per heavy atom. The summed E-state index contributed by atoms with van der Waals surface area (Å²) in [6, 6.07) is 5.56. The van der Waals surface area contributed by atoms with Gasteiger partial charge in [0.15, 0.2) is 16.8 Å². The fraction of sp³-hybridized carbons (Fsp3) is 0.400. The average Bonchev–Trinajstić information content (AvgIpc) is 3.33. The second-order valence-corrected chi connectivity index (χ2v) is 8.30. The number of guanidine groups is 1. The molecule has 0 spiro atoms. The van der Waals surface area contributed by atoms with E-state index in [1.807, 2.05) is 24.3 Å². The molecule has 0 aliphatic carbocycles. The van der Waals surface area contributed by atoms with E-state index in [-0.39, 0.29) is 47.8 Å². The van der Waals surface area contributed by atoms with Gasteiger partial charge in [-0.25, -0.2) is 4.98 Å². The van der Waals surface area contributed by atoms with Crippen molar-refractivity contribution >= 4 is 50.9 Å². The summed E-state index contributed by atoms with van der Waals surface area (Å²) in [7, 11) is 0. The number of thiazole rings is 1. The molecule has 1 aromatic carbocycles. The topological polar surface area (TPSA) is 161 Å². The summed E-state index contributed by atoms with van der Waals surface area (Å²) >= 11 is 1.24. The Hall–Kier alpha value is -3.34. The van der Waals surface area contributed by atoms with Gasteiger partial charge >= 0.3 is 0 Å². The molecule has 2 aromatic rings. The van der Waals surface area contributed by atoms with E-state index >= 15 is 0 Å². The highest BCUT2D eigenvalue weighted by atomic mass is 32.1. The SMILES string of the molecule is CC(=O)N1CC(=O)CC1C(=O)NC(CCCN=C(N)N)C(=O)c1nc2ccccc2s1. The summed E-state index contributed by atoms with van der Waals surface area (Å²) in [6.45, 7) is 1.50. The van der Waals surface area contributed by atoms with Crippen LogP contribution >= 0.6 is 11.3 Å². The minimum absolute atomic E-state index is 0.0559. The van der Waals surface area contributed by atoms with Crippen LogP contribution in [0.1, 0.15) is 36.0 Å². The Balaban J connectivity index is 1.79. The van der Waals surface area contributed by atoms with Crippen molar-refractivity contribution in [1.29, 1.82) is 0 Å². The number of fused-ring (bicyclic) bond motifs is 1. The number of likely N-dealkylation sites (tertiary alicyclic amines) is 1. The van der Waals surface area contributed by atoms with Crippen LogP contribution in [0, 0.1) is 0 Å². The molecular weight excluding hydrogens is 420 g/mol. The number of benzene rings is 1. The van der Waals surface area contributed by atoms with E-state index in [0.717, 1.165) is 4.70 Å². The molecule has 10 nitrogen and oxygen atoms in total. The van der Waals surface area contributed by atoms with Crippen molar-refractivity contribution in [2.75, 3.05) is 13.1 Å². The van der Waals surface area contributed by atoms with Crippen LogP contribution in [0.15, 0.2) is 29.3 Å². The minimum Gasteiger partial charge on any atom is -0.370 e. The first-order chi connectivity index (χ1) is 14.8. The maximum Gasteiger partial charge on any atom is 0.243 e. The number of ketones is 2. The highest BCUT2D eigenvalue weighted by Gasteiger charge is 2.38. The van der Waals surface area contributed by atoms with Crippen molar-refractivity contribution in [3.05, 3.63) is 29.3 Å². The van der Waals surface area contributed by atoms with Crippen molar-refractivity contribution in [2.45, 2.75) is 38.3 Å². The van der Waals surface area contributed by atoms with Gasteiger partial charge in [0.1, 0.15) is 6.04 Å². The quantitative estimate of drug-likeness (QED) is 0.227. The van der Waals surface area contributed by atoms with Crippen molar-refractivity contribution in [1.82, 2.24) is 15.2 Å². The number of nitrogens with zero attached hydrogens (tertiary/aromatic N) is 3. The lowest BCUT2D eigenvalue weighted by molar-refractivity contribution is -0.137. The molecule has 5 N–H and O–H groups in total. The van der Waals surface area contributed by atoms with Crippen LogP contribution in [0.25, 0.3) is 10.2 Å². The van der Waals surface area contributed by atoms with Gasteiger partial charge in [-0.15, -0.1) is 11.3 Å². The highest BCUT2D eigenvalue weighted by molar-refractivity contribution is 7.20. The third-order valence-corrected chi connectivity index (χ3v) is 5.98. The molecule has 0 radical (unpaired) electrons. The van der Waals surface area contributed by atoms with Crippen molar-refractivity contribution in [2.24, 2.45) is 16.5 Å². The van der Waals surface area contributed by atoms with E-state index in [2.05, 4.69) is 15.3 Å². The fourth-order valence-electron chi connectivity index (χ4n) is 3.42. The average molecular weight is 445 g/mol. The number of Topliss-reactive ketones (excluding diaryl/α,β-unsaturated/α-hetero) is 2. The number of rotatable bonds is 8. The van der Waals surface area contributed by atoms with E-state index in [0.29, 0.717) is 18.5 Å². The lowest BCUT2D eigenvalue weighted by atomic mass is 10.1. The maximum atomic E-state index is 13.2. The van der Waals surface area contributed by atoms with Crippen LogP contribution < -0.4 is 16.8 Å². The molecule has 2 atom stereocenters. The Kier molecular flexibility index (Phi) is 6.95. The largest absolute Gasteiger partial charge is 0.370 e. The first kappa shape index (κ1) is 22.3. The zero-order valence-corrected chi connectivity index (χ0v) is 17.9. The Morgan fingerprint density at radius 2 is 2.06 bits per heavy atom. The smallest absolute Gasteiger partial charge is 0.243 e. The van der Waals surface area contributed by atoms with Crippen LogP contribution in [-0.4, -0.2) is 64.4 Å². The Bertz CT molecular complexity index is 1010. The third kappa shape index (κ3) is 5.43. The molecule has 31 heavy (non-hydrogen) atoms. The van der Waals surface area contributed by atoms with E-state index in [4.69, 9.17) is 11.5 Å². The van der Waals surface area contributed by atoms with Gasteiger partial charge < -0.3 is 21.7 Å². The van der Waals surface area contributed by atoms with E-state index in [1.165, 1.54) is 23.2 Å². The number of nitrogens with one attached hydrogen (secondary N) is 1. The molecule has 1 saturated heterocycles. The Labute approximate surface area is 182 Å². The molecule has 1 fully saturated rings. The van der Waals surface area contributed by atoms with Crippen LogP contribution in [-0.2, 0) is 14.4 Å². The molecule has 164 valence electrons. The van der Waals surface area contributed by atoms with E-state index < -0.39 is 18.0 Å². The molecule has 1 aliphatic rings. The van der Waals surface area contributed by atoms with Crippen molar-refractivity contribution < 1.29 is 19.2 Å². The number of aliphatic imine (C=N–C) groups is 1. The number of carbonyl (C=O) groups is 4. The number of para-hydroxylation sites is 1. The molecular formula is C20H24N6O4S. The van der Waals surface area contributed by atoms with Crippen LogP contribution in [0.4, 0.5) is 0 Å². The highest BCUT2D eigenvalue weighted by Crippen LogP contribution is 2.24. The normalized spacial score (nSPS) is 16.9. The minimum atomic E-state index is -0.923. The molecule has 0 bridgehead atoms. The van der Waals surface area contributed by atoms with E-state index in [9.17, 15) is 19.2 Å². The number of hydrogen-bond acceptors (Lipinski definition) is 7. The van der Waals surface area contributed by atoms with Gasteiger partial charge in [0.25, 0.3) is 0 Å². The molecule has 3 rings (SSSR count). The monoisotopic (exact) mass is 444 g/mol. The number of hydrogen-bond donors (Lipinski definition) is 3. The van der Waals surface area contributed by atoms with Crippen molar-refractivity contribution in [3.8, 4) is 0 Å². The van der Waals surface area contributed by atoms with Crippen LogP contribution in [0.2, 0.25) is 0 Å². The molecule has 1 aromatic heterocycles. The predicted octanol–water partition coefficient (Wildman–Crippen LogP) is 0.207. The van der Waals surface area contributed by atoms with Gasteiger partial charge in [-0.2, -0.15) is 0 Å². The second kappa shape index (κ2) is 9.65. The molecule has 0 saturated carbocycles. The Morgan fingerprint density at radius 3 is 2.74 bits per heavy atom. The molecule has 11 heteroatoms. The third-order valence-electron chi connectivity index (χ3n) is 4.93. The summed E-state index contributed by atoms with van der Waals surface area (Å²) in [5.41, 5.74) is 11.4. The lowest BCUT2D eigenvalue weighted by Crippen LogP contribution is -2.50. The molecule has 2 amide bonds. The first-order valence-electron chi connectivity index (χ1n) is 9.80. The second-order valence-electron chi connectivity index (χ2n) is 7.27. The maximum absolute atomic E-state index is 13.2. The van der Waals surface area contributed by atoms with Gasteiger partial charge in [-0.3, -0.25) is 24.2 Å². The number of carbonyl (C=O) groups excluding carboxylic acids is 4. The number of aromatic nitrogens is 1. The number of amides is 2. The molecule has 1 aliphatic heterocycles. The standard InChI is InChI=1S/C20H24N6O4S/c1-11(27)26-10-12(28)9-15(26)18(30)24-14(6-4-8-23-20(21)22)17(29)19-25-13-5-2-3-7-16(13)31-19/h2-3,5,7,14-15H,4,6,8-10H2,1H3,(H,24,30)(H4,21,22,23). The van der Waals surface area contributed by atoms with Gasteiger partial charge in [-0.05, 0) is 25.0 Å². The fourth-order valence-corrected chi connectivity index (χ4v) is 4.38. The van der Waals surface area contributed by atoms with Gasteiger partial charge in [-0.1, -0.05) is 12.1 Å². The zero-order valence-electron chi connectivity index (χ0n) is 17.0. The van der Waals surface area contributed by atoms with E-state index in [1.54, 1.807) is 0 Å². The molecule has 2 heterocycles. The number of nitrogens with two attached hydrogens (primary N) is 2. The summed E-state index contributed by atoms with van der Waals surface area (Å²) in [5, 5.41) is 2.99. The van der Waals surface area contributed by atoms with Gasteiger partial charge in [0.2, 0.25) is 17.6 Å². The predicted molar refractivity (Wildman–Crippen MR) is 117 cm³/mol. The summed E-state index contributed by atoms with van der Waals surface area (Å²) < 4.78 is 0.862. The van der Waals surface area contributed by atoms with Crippen LogP contribution in [0.3, 0.4) is 0 Å². The van der Waals surface area contributed by atoms with Crippen molar-refractivity contribution in [3.63, 3.8) is 0 Å². The summed E-state index contributed by atoms with van der Waals surface area (Å²) in [4.78, 5) is 59.1. The lowest BCUT2D eigenvalue weighted by Gasteiger charge is -2.24. The summed E-state index contributed by atoms with van der Waals surface area (Å²) in [5.74, 6) is -1.50. The molecule has 2 unspecified atom stereocenters. The van der Waals surface area contributed by atoms with Gasteiger partial charge in [0, 0.05) is 19.9 Å². The first-order valence-corrected chi connectivity index (χ1v) is 10.6. The zero-order chi connectivity index (χ0) is 22.5.